The zero-order valence-corrected chi connectivity index (χ0v) is 14.4. The van der Waals surface area contributed by atoms with E-state index in [4.69, 9.17) is 10.2 Å². The maximum absolute atomic E-state index is 9.16. The second-order valence-electron chi connectivity index (χ2n) is 6.25. The molecule has 2 heterocycles. The molecule has 4 rings (SSSR count). The molecule has 0 unspecified atom stereocenters. The Morgan fingerprint density at radius 2 is 1.48 bits per heavy atom. The maximum atomic E-state index is 9.16. The van der Waals surface area contributed by atoms with Gasteiger partial charge in [0.2, 0.25) is 0 Å². The van der Waals surface area contributed by atoms with Crippen LogP contribution >= 0.6 is 0 Å². The Morgan fingerprint density at radius 3 is 2.16 bits per heavy atom. The molecule has 0 radical (unpaired) electrons. The van der Waals surface area contributed by atoms with Crippen LogP contribution < -0.4 is 5.32 Å². The normalized spacial score (nSPS) is 14.9. The van der Waals surface area contributed by atoms with Gasteiger partial charge in [0.1, 0.15) is 0 Å². The molecule has 2 aliphatic heterocycles. The van der Waals surface area contributed by atoms with Gasteiger partial charge < -0.3 is 20.4 Å². The first-order chi connectivity index (χ1) is 12.2. The van der Waals surface area contributed by atoms with E-state index in [9.17, 15) is 0 Å². The molecule has 0 saturated carbocycles. The van der Waals surface area contributed by atoms with Crippen molar-refractivity contribution in [3.8, 4) is 0 Å². The van der Waals surface area contributed by atoms with Gasteiger partial charge in [-0.15, -0.1) is 0 Å². The van der Waals surface area contributed by atoms with Gasteiger partial charge in [0, 0.05) is 43.7 Å². The molecule has 4 nitrogen and oxygen atoms in total. The van der Waals surface area contributed by atoms with E-state index >= 15 is 0 Å². The van der Waals surface area contributed by atoms with Crippen molar-refractivity contribution in [2.75, 3.05) is 20.3 Å². The van der Waals surface area contributed by atoms with Gasteiger partial charge in [-0.3, -0.25) is 0 Å². The lowest BCUT2D eigenvalue weighted by atomic mass is 9.98. The summed E-state index contributed by atoms with van der Waals surface area (Å²) in [6.07, 6.45) is 3.88. The maximum Gasteiger partial charge on any atom is 0.0701 e. The van der Waals surface area contributed by atoms with Crippen molar-refractivity contribution in [1.29, 1.82) is 0 Å². The van der Waals surface area contributed by atoms with Crippen molar-refractivity contribution in [1.82, 2.24) is 10.2 Å². The molecular formula is C21H24N2O2. The van der Waals surface area contributed by atoms with E-state index in [-0.39, 0.29) is 13.2 Å². The number of rotatable bonds is 2. The number of hydrogen-bond acceptors (Lipinski definition) is 4. The van der Waals surface area contributed by atoms with Crippen LogP contribution in [0, 0.1) is 0 Å². The summed E-state index contributed by atoms with van der Waals surface area (Å²) in [7, 11) is 2.02. The average Bonchev–Trinajstić information content (AvgIpc) is 2.67. The summed E-state index contributed by atoms with van der Waals surface area (Å²) in [5.74, 6) is 0. The van der Waals surface area contributed by atoms with Crippen molar-refractivity contribution in [3.63, 3.8) is 0 Å². The first kappa shape index (κ1) is 17.3. The molecule has 0 spiro atoms. The molecule has 0 saturated heterocycles. The third-order valence-corrected chi connectivity index (χ3v) is 4.43. The van der Waals surface area contributed by atoms with Gasteiger partial charge in [0.05, 0.1) is 13.2 Å². The van der Waals surface area contributed by atoms with Crippen LogP contribution in [0.3, 0.4) is 0 Å². The van der Waals surface area contributed by atoms with E-state index in [0.717, 1.165) is 24.2 Å². The largest absolute Gasteiger partial charge is 0.392 e. The highest BCUT2D eigenvalue weighted by Crippen LogP contribution is 2.25. The van der Waals surface area contributed by atoms with Crippen LogP contribution in [-0.2, 0) is 13.1 Å². The van der Waals surface area contributed by atoms with Gasteiger partial charge in [-0.2, -0.15) is 0 Å². The van der Waals surface area contributed by atoms with Crippen LogP contribution in [0.1, 0.15) is 22.3 Å². The topological polar surface area (TPSA) is 55.7 Å². The predicted octanol–water partition coefficient (Wildman–Crippen LogP) is 2.59. The molecule has 2 aromatic rings. The molecule has 2 aliphatic rings. The Bertz CT molecular complexity index is 796. The highest BCUT2D eigenvalue weighted by atomic mass is 16.3. The summed E-state index contributed by atoms with van der Waals surface area (Å²) in [6, 6.07) is 16.3. The van der Waals surface area contributed by atoms with E-state index in [1.54, 1.807) is 0 Å². The summed E-state index contributed by atoms with van der Waals surface area (Å²) in [4.78, 5) is 2.09. The number of hydrogen-bond donors (Lipinski definition) is 3. The number of aliphatic hydroxyl groups excluding tert-OH is 2. The standard InChI is InChI=1S/C11H13NO.C10H11NO/c1-12-6-9-4-2-3-5-11(9)10(7-12)8-13;12-7-9-6-11-5-8-3-1-2-4-10(8)9/h2-5,7,13H,6,8H2,1H3;1-4,6,11-12H,5,7H2. The summed E-state index contributed by atoms with van der Waals surface area (Å²) in [6.45, 7) is 2.00. The van der Waals surface area contributed by atoms with Crippen molar-refractivity contribution in [2.45, 2.75) is 13.1 Å². The Labute approximate surface area is 148 Å². The minimum absolute atomic E-state index is 0.101. The van der Waals surface area contributed by atoms with E-state index in [2.05, 4.69) is 28.4 Å². The molecular weight excluding hydrogens is 312 g/mol. The molecule has 4 heteroatoms. The van der Waals surface area contributed by atoms with Crippen molar-refractivity contribution >= 4 is 11.1 Å². The number of nitrogens with one attached hydrogen (secondary N) is 1. The number of aliphatic hydroxyl groups is 2. The lowest BCUT2D eigenvalue weighted by Gasteiger charge is -2.24. The summed E-state index contributed by atoms with van der Waals surface area (Å²) in [5.41, 5.74) is 6.86. The molecule has 0 aliphatic carbocycles. The fourth-order valence-electron chi connectivity index (χ4n) is 3.23. The Kier molecular flexibility index (Phi) is 5.53. The van der Waals surface area contributed by atoms with Crippen molar-refractivity contribution in [2.24, 2.45) is 0 Å². The highest BCUT2D eigenvalue weighted by molar-refractivity contribution is 5.70. The first-order valence-corrected chi connectivity index (χ1v) is 8.44. The summed E-state index contributed by atoms with van der Waals surface area (Å²) >= 11 is 0. The lowest BCUT2D eigenvalue weighted by molar-refractivity contribution is 0.343. The van der Waals surface area contributed by atoms with Crippen LogP contribution in [-0.4, -0.2) is 35.4 Å². The molecule has 130 valence electrons. The second kappa shape index (κ2) is 8.01. The highest BCUT2D eigenvalue weighted by Gasteiger charge is 2.13. The molecule has 0 bridgehead atoms. The van der Waals surface area contributed by atoms with Gasteiger partial charge in [-0.05, 0) is 22.3 Å². The monoisotopic (exact) mass is 336 g/mol. The number of nitrogens with zero attached hydrogens (tertiary/aromatic N) is 1. The van der Waals surface area contributed by atoms with E-state index in [0.29, 0.717) is 0 Å². The summed E-state index contributed by atoms with van der Waals surface area (Å²) in [5, 5.41) is 21.3. The van der Waals surface area contributed by atoms with E-state index in [1.165, 1.54) is 22.3 Å². The molecule has 0 atom stereocenters. The van der Waals surface area contributed by atoms with Crippen LogP contribution in [0.25, 0.3) is 11.1 Å². The molecule has 3 N–H and O–H groups in total. The average molecular weight is 336 g/mol. The number of benzene rings is 2. The van der Waals surface area contributed by atoms with Crippen molar-refractivity contribution in [3.05, 3.63) is 83.2 Å². The molecule has 2 aromatic carbocycles. The fraction of sp³-hybridized carbons (Fsp3) is 0.238. The third-order valence-electron chi connectivity index (χ3n) is 4.43. The molecule has 0 aromatic heterocycles. The Hall–Kier alpha value is -2.56. The van der Waals surface area contributed by atoms with Crippen LogP contribution in [0.5, 0.6) is 0 Å². The minimum Gasteiger partial charge on any atom is -0.392 e. The molecule has 25 heavy (non-hydrogen) atoms. The van der Waals surface area contributed by atoms with Gasteiger partial charge in [-0.1, -0.05) is 48.5 Å². The quantitative estimate of drug-likeness (QED) is 0.789. The smallest absolute Gasteiger partial charge is 0.0701 e. The Balaban J connectivity index is 0.000000146. The van der Waals surface area contributed by atoms with Crippen LogP contribution in [0.2, 0.25) is 0 Å². The first-order valence-electron chi connectivity index (χ1n) is 8.44. The third kappa shape index (κ3) is 3.92. The van der Waals surface area contributed by atoms with Gasteiger partial charge >= 0.3 is 0 Å². The zero-order chi connectivity index (χ0) is 17.6. The van der Waals surface area contributed by atoms with E-state index < -0.39 is 0 Å². The van der Waals surface area contributed by atoms with Gasteiger partial charge in [0.25, 0.3) is 0 Å². The molecule has 0 amide bonds. The van der Waals surface area contributed by atoms with Crippen molar-refractivity contribution < 1.29 is 10.2 Å². The van der Waals surface area contributed by atoms with Gasteiger partial charge in [-0.25, -0.2) is 0 Å². The summed E-state index contributed by atoms with van der Waals surface area (Å²) < 4.78 is 0. The number of fused-ring (bicyclic) bond motifs is 2. The minimum atomic E-state index is 0.101. The predicted molar refractivity (Wildman–Crippen MR) is 101 cm³/mol. The van der Waals surface area contributed by atoms with Crippen LogP contribution in [0.4, 0.5) is 0 Å². The van der Waals surface area contributed by atoms with Crippen LogP contribution in [0.15, 0.2) is 60.9 Å². The SMILES string of the molecule is CN1C=C(CO)c2ccccc2C1.OCC1=CNCc2ccccc21. The fourth-order valence-corrected chi connectivity index (χ4v) is 3.23. The molecule has 0 fully saturated rings. The Morgan fingerprint density at radius 1 is 0.880 bits per heavy atom. The zero-order valence-electron chi connectivity index (χ0n) is 14.4. The lowest BCUT2D eigenvalue weighted by Crippen LogP contribution is -2.17. The van der Waals surface area contributed by atoms with Gasteiger partial charge in [0.15, 0.2) is 0 Å². The second-order valence-corrected chi connectivity index (χ2v) is 6.25. The van der Waals surface area contributed by atoms with E-state index in [1.807, 2.05) is 49.8 Å².